The van der Waals surface area contributed by atoms with Crippen LogP contribution in [0, 0.1) is 19.7 Å². The fraction of sp³-hybridized carbons (Fsp3) is 0.480. The largest absolute Gasteiger partial charge is 0.490 e. The second-order valence-electron chi connectivity index (χ2n) is 8.35. The van der Waals surface area contributed by atoms with Gasteiger partial charge in [-0.1, -0.05) is 44.4 Å². The van der Waals surface area contributed by atoms with E-state index in [1.807, 2.05) is 32.0 Å². The van der Waals surface area contributed by atoms with Gasteiger partial charge in [-0.2, -0.15) is 0 Å². The van der Waals surface area contributed by atoms with Crippen LogP contribution >= 0.6 is 0 Å². The molecule has 0 unspecified atom stereocenters. The summed E-state index contributed by atoms with van der Waals surface area (Å²) in [5, 5.41) is 3.09. The zero-order valence-corrected chi connectivity index (χ0v) is 18.0. The molecular weight excluding hydrogens is 365 g/mol. The number of rotatable bonds is 6. The van der Waals surface area contributed by atoms with Crippen LogP contribution < -0.4 is 10.1 Å². The van der Waals surface area contributed by atoms with Gasteiger partial charge in [-0.25, -0.2) is 4.39 Å². The summed E-state index contributed by atoms with van der Waals surface area (Å²) in [7, 11) is 0. The Kier molecular flexibility index (Phi) is 6.61. The topological polar surface area (TPSA) is 38.3 Å². The number of anilines is 1. The molecule has 1 atom stereocenters. The fourth-order valence-electron chi connectivity index (χ4n) is 4.37. The first-order valence-electron chi connectivity index (χ1n) is 10.7. The van der Waals surface area contributed by atoms with E-state index in [0.29, 0.717) is 18.4 Å². The number of aryl methyl sites for hydroxylation is 2. The number of ether oxygens (including phenoxy) is 1. The van der Waals surface area contributed by atoms with Crippen LogP contribution in [0.15, 0.2) is 36.4 Å². The van der Waals surface area contributed by atoms with Crippen molar-refractivity contribution in [2.24, 2.45) is 0 Å². The van der Waals surface area contributed by atoms with Gasteiger partial charge < -0.3 is 10.1 Å². The second kappa shape index (κ2) is 8.98. The minimum atomic E-state index is -0.808. The number of amides is 1. The molecule has 0 aliphatic heterocycles. The molecule has 0 heterocycles. The van der Waals surface area contributed by atoms with Crippen LogP contribution in [0.2, 0.25) is 0 Å². The molecule has 4 heteroatoms. The van der Waals surface area contributed by atoms with Gasteiger partial charge in [-0.3, -0.25) is 4.79 Å². The summed E-state index contributed by atoms with van der Waals surface area (Å²) in [5.74, 6) is 0.463. The van der Waals surface area contributed by atoms with Gasteiger partial charge in [0.2, 0.25) is 5.91 Å². The highest BCUT2D eigenvalue weighted by Gasteiger charge is 2.42. The van der Waals surface area contributed by atoms with Crippen LogP contribution in [-0.4, -0.2) is 12.0 Å². The van der Waals surface area contributed by atoms with Gasteiger partial charge in [0, 0.05) is 11.3 Å². The van der Waals surface area contributed by atoms with Gasteiger partial charge in [-0.05, 0) is 69.4 Å². The van der Waals surface area contributed by atoms with Crippen LogP contribution in [0.4, 0.5) is 10.1 Å². The third kappa shape index (κ3) is 4.47. The van der Waals surface area contributed by atoms with Crippen molar-refractivity contribution in [2.75, 3.05) is 5.32 Å². The van der Waals surface area contributed by atoms with Crippen LogP contribution in [0.5, 0.6) is 5.75 Å². The Bertz CT molecular complexity index is 848. The number of halogens is 1. The van der Waals surface area contributed by atoms with E-state index in [-0.39, 0.29) is 17.8 Å². The smallest absolute Gasteiger partial charge is 0.235 e. The first kappa shape index (κ1) is 21.4. The maximum Gasteiger partial charge on any atom is 0.235 e. The highest BCUT2D eigenvalue weighted by molar-refractivity contribution is 5.99. The van der Waals surface area contributed by atoms with E-state index in [1.165, 1.54) is 6.07 Å². The first-order valence-corrected chi connectivity index (χ1v) is 10.7. The standard InChI is InChI=1S/C25H32FNO2/c1-5-19(4)29-23-17(2)15-20(16-18(23)3)27-24(28)25(13-9-6-10-14-25)21-11-7-8-12-22(21)26/h7-8,11-12,15-16,19H,5-6,9-10,13-14H2,1-4H3,(H,27,28)/t19-/m1/s1. The third-order valence-electron chi connectivity index (χ3n) is 6.14. The molecule has 156 valence electrons. The zero-order chi connectivity index (χ0) is 21.0. The predicted octanol–water partition coefficient (Wildman–Crippen LogP) is 6.46. The molecule has 3 rings (SSSR count). The number of nitrogens with one attached hydrogen (secondary N) is 1. The van der Waals surface area contributed by atoms with Crippen molar-refractivity contribution in [1.29, 1.82) is 0 Å². The summed E-state index contributed by atoms with van der Waals surface area (Å²) in [6, 6.07) is 10.6. The fourth-order valence-corrected chi connectivity index (χ4v) is 4.37. The van der Waals surface area contributed by atoms with Crippen molar-refractivity contribution in [3.63, 3.8) is 0 Å². The quantitative estimate of drug-likeness (QED) is 0.607. The van der Waals surface area contributed by atoms with Crippen molar-refractivity contribution >= 4 is 11.6 Å². The lowest BCUT2D eigenvalue weighted by Crippen LogP contribution is -2.42. The van der Waals surface area contributed by atoms with E-state index in [1.54, 1.807) is 12.1 Å². The lowest BCUT2D eigenvalue weighted by molar-refractivity contribution is -0.122. The summed E-state index contributed by atoms with van der Waals surface area (Å²) in [4.78, 5) is 13.5. The molecule has 0 spiro atoms. The average Bonchev–Trinajstić information content (AvgIpc) is 2.71. The van der Waals surface area contributed by atoms with Gasteiger partial charge in [0.15, 0.2) is 0 Å². The minimum absolute atomic E-state index is 0.114. The van der Waals surface area contributed by atoms with Crippen molar-refractivity contribution < 1.29 is 13.9 Å². The molecule has 1 saturated carbocycles. The monoisotopic (exact) mass is 397 g/mol. The Hall–Kier alpha value is -2.36. The summed E-state index contributed by atoms with van der Waals surface area (Å²) in [6.07, 6.45) is 5.37. The van der Waals surface area contributed by atoms with Gasteiger partial charge in [-0.15, -0.1) is 0 Å². The van der Waals surface area contributed by atoms with E-state index in [2.05, 4.69) is 19.2 Å². The summed E-state index contributed by atoms with van der Waals surface area (Å²) >= 11 is 0. The molecule has 0 radical (unpaired) electrons. The molecule has 1 N–H and O–H groups in total. The zero-order valence-electron chi connectivity index (χ0n) is 18.0. The number of benzene rings is 2. The summed E-state index contributed by atoms with van der Waals surface area (Å²) in [6.45, 7) is 8.13. The molecule has 1 fully saturated rings. The molecule has 1 aliphatic carbocycles. The Labute approximate surface area is 173 Å². The van der Waals surface area contributed by atoms with Crippen LogP contribution in [0.3, 0.4) is 0 Å². The Balaban J connectivity index is 1.90. The number of carbonyl (C=O) groups excluding carboxylic acids is 1. The van der Waals surface area contributed by atoms with Gasteiger partial charge in [0.25, 0.3) is 0 Å². The van der Waals surface area contributed by atoms with Crippen molar-refractivity contribution in [1.82, 2.24) is 0 Å². The molecule has 3 nitrogen and oxygen atoms in total. The Morgan fingerprint density at radius 2 is 1.76 bits per heavy atom. The molecular formula is C25H32FNO2. The third-order valence-corrected chi connectivity index (χ3v) is 6.14. The second-order valence-corrected chi connectivity index (χ2v) is 8.35. The maximum absolute atomic E-state index is 14.7. The number of carbonyl (C=O) groups is 1. The highest BCUT2D eigenvalue weighted by Crippen LogP contribution is 2.42. The molecule has 1 aliphatic rings. The molecule has 2 aromatic rings. The van der Waals surface area contributed by atoms with E-state index in [9.17, 15) is 9.18 Å². The van der Waals surface area contributed by atoms with E-state index in [0.717, 1.165) is 48.2 Å². The predicted molar refractivity (Wildman–Crippen MR) is 116 cm³/mol. The van der Waals surface area contributed by atoms with E-state index in [4.69, 9.17) is 4.74 Å². The summed E-state index contributed by atoms with van der Waals surface area (Å²) in [5.41, 5.74) is 2.43. The lowest BCUT2D eigenvalue weighted by atomic mass is 9.68. The van der Waals surface area contributed by atoms with Gasteiger partial charge >= 0.3 is 0 Å². The lowest BCUT2D eigenvalue weighted by Gasteiger charge is -2.36. The molecule has 0 bridgehead atoms. The van der Waals surface area contributed by atoms with Crippen molar-refractivity contribution in [3.05, 3.63) is 58.9 Å². The van der Waals surface area contributed by atoms with Gasteiger partial charge in [0.05, 0.1) is 11.5 Å². The van der Waals surface area contributed by atoms with Crippen LogP contribution in [0.25, 0.3) is 0 Å². The van der Waals surface area contributed by atoms with Crippen molar-refractivity contribution in [2.45, 2.75) is 77.7 Å². The Morgan fingerprint density at radius 3 is 2.34 bits per heavy atom. The maximum atomic E-state index is 14.7. The number of hydrogen-bond donors (Lipinski definition) is 1. The van der Waals surface area contributed by atoms with E-state index >= 15 is 0 Å². The molecule has 29 heavy (non-hydrogen) atoms. The van der Waals surface area contributed by atoms with Crippen LogP contribution in [0.1, 0.15) is 69.1 Å². The van der Waals surface area contributed by atoms with Crippen LogP contribution in [-0.2, 0) is 10.2 Å². The number of hydrogen-bond acceptors (Lipinski definition) is 2. The Morgan fingerprint density at radius 1 is 1.14 bits per heavy atom. The molecule has 0 aromatic heterocycles. The summed E-state index contributed by atoms with van der Waals surface area (Å²) < 4.78 is 20.7. The first-order chi connectivity index (χ1) is 13.9. The molecule has 2 aromatic carbocycles. The highest BCUT2D eigenvalue weighted by atomic mass is 19.1. The normalized spacial score (nSPS) is 16.9. The average molecular weight is 398 g/mol. The van der Waals surface area contributed by atoms with Crippen molar-refractivity contribution in [3.8, 4) is 5.75 Å². The van der Waals surface area contributed by atoms with E-state index < -0.39 is 5.41 Å². The molecule has 0 saturated heterocycles. The minimum Gasteiger partial charge on any atom is -0.490 e. The SMILES string of the molecule is CC[C@@H](C)Oc1c(C)cc(NC(=O)C2(c3ccccc3F)CCCCC2)cc1C. The molecule has 1 amide bonds. The van der Waals surface area contributed by atoms with Gasteiger partial charge in [0.1, 0.15) is 11.6 Å².